The van der Waals surface area contributed by atoms with Gasteiger partial charge in [-0.25, -0.2) is 12.8 Å². The lowest BCUT2D eigenvalue weighted by Gasteiger charge is -2.16. The van der Waals surface area contributed by atoms with Crippen LogP contribution < -0.4 is 4.74 Å². The lowest BCUT2D eigenvalue weighted by atomic mass is 10.2. The number of benzene rings is 1. The molecule has 0 aliphatic rings. The molecule has 5 nitrogen and oxygen atoms in total. The summed E-state index contributed by atoms with van der Waals surface area (Å²) in [5.41, 5.74) is -0.109. The van der Waals surface area contributed by atoms with Gasteiger partial charge in [0.15, 0.2) is 11.6 Å². The molecular formula is C11H13ClFNO4S. The number of methoxy groups -OCH3 is 1. The minimum atomic E-state index is -4.22. The normalized spacial score (nSPS) is 11.2. The van der Waals surface area contributed by atoms with E-state index in [9.17, 15) is 17.6 Å². The van der Waals surface area contributed by atoms with Crippen molar-refractivity contribution in [1.82, 2.24) is 4.90 Å². The number of carbonyl (C=O) groups excluding carboxylic acids is 1. The summed E-state index contributed by atoms with van der Waals surface area (Å²) in [6.07, 6.45) is 0. The fourth-order valence-electron chi connectivity index (χ4n) is 1.43. The van der Waals surface area contributed by atoms with Gasteiger partial charge in [-0.3, -0.25) is 4.79 Å². The first kappa shape index (κ1) is 15.7. The summed E-state index contributed by atoms with van der Waals surface area (Å²) >= 11 is 0. The molecule has 1 aromatic carbocycles. The van der Waals surface area contributed by atoms with Crippen LogP contribution in [0, 0.1) is 5.82 Å². The molecule has 8 heteroatoms. The topological polar surface area (TPSA) is 63.7 Å². The Balaban J connectivity index is 3.48. The molecule has 0 spiro atoms. The molecule has 0 heterocycles. The summed E-state index contributed by atoms with van der Waals surface area (Å²) in [5, 5.41) is 0. The highest BCUT2D eigenvalue weighted by molar-refractivity contribution is 8.13. The van der Waals surface area contributed by atoms with Crippen LogP contribution in [-0.4, -0.2) is 39.9 Å². The predicted molar refractivity (Wildman–Crippen MR) is 68.6 cm³/mol. The molecule has 0 aliphatic carbocycles. The molecule has 19 heavy (non-hydrogen) atoms. The maximum atomic E-state index is 13.8. The lowest BCUT2D eigenvalue weighted by molar-refractivity contribution is 0.0801. The first-order valence-electron chi connectivity index (χ1n) is 5.30. The van der Waals surface area contributed by atoms with E-state index in [0.717, 1.165) is 19.2 Å². The van der Waals surface area contributed by atoms with Crippen molar-refractivity contribution < 1.29 is 22.3 Å². The number of rotatable bonds is 4. The van der Waals surface area contributed by atoms with Crippen LogP contribution in [0.4, 0.5) is 4.39 Å². The standard InChI is InChI=1S/C11H13ClFNO4S/c1-4-14(2)11(15)7-5-8(13)10(18-3)9(6-7)19(12,16)17/h5-6H,4H2,1-3H3. The van der Waals surface area contributed by atoms with E-state index in [1.165, 1.54) is 11.9 Å². The second kappa shape index (κ2) is 5.75. The Kier molecular flexibility index (Phi) is 4.75. The monoisotopic (exact) mass is 309 g/mol. The number of hydrogen-bond acceptors (Lipinski definition) is 4. The van der Waals surface area contributed by atoms with Gasteiger partial charge in [-0.2, -0.15) is 0 Å². The van der Waals surface area contributed by atoms with E-state index in [4.69, 9.17) is 10.7 Å². The summed E-state index contributed by atoms with van der Waals surface area (Å²) < 4.78 is 41.2. The molecule has 0 fully saturated rings. The molecule has 0 radical (unpaired) electrons. The summed E-state index contributed by atoms with van der Waals surface area (Å²) in [6.45, 7) is 2.13. The van der Waals surface area contributed by atoms with Gasteiger partial charge in [0.1, 0.15) is 4.90 Å². The minimum Gasteiger partial charge on any atom is -0.492 e. The highest BCUT2D eigenvalue weighted by Crippen LogP contribution is 2.31. The predicted octanol–water partition coefficient (Wildman–Crippen LogP) is 1.85. The summed E-state index contributed by atoms with van der Waals surface area (Å²) in [5.74, 6) is -1.98. The third kappa shape index (κ3) is 3.36. The fourth-order valence-corrected chi connectivity index (χ4v) is 2.45. The largest absolute Gasteiger partial charge is 0.492 e. The van der Waals surface area contributed by atoms with Gasteiger partial charge in [0, 0.05) is 29.8 Å². The van der Waals surface area contributed by atoms with Crippen molar-refractivity contribution in [3.8, 4) is 5.75 Å². The Bertz CT molecular complexity index is 603. The molecular weight excluding hydrogens is 297 g/mol. The smallest absolute Gasteiger partial charge is 0.265 e. The fraction of sp³-hybridized carbons (Fsp3) is 0.364. The van der Waals surface area contributed by atoms with Crippen LogP contribution in [0.1, 0.15) is 17.3 Å². The third-order valence-corrected chi connectivity index (χ3v) is 3.87. The van der Waals surface area contributed by atoms with Crippen molar-refractivity contribution in [3.63, 3.8) is 0 Å². The van der Waals surface area contributed by atoms with Gasteiger partial charge < -0.3 is 9.64 Å². The molecule has 0 saturated heterocycles. The van der Waals surface area contributed by atoms with Crippen LogP contribution >= 0.6 is 10.7 Å². The van der Waals surface area contributed by atoms with Crippen molar-refractivity contribution in [3.05, 3.63) is 23.5 Å². The molecule has 1 amide bonds. The molecule has 0 N–H and O–H groups in total. The maximum absolute atomic E-state index is 13.8. The Morgan fingerprint density at radius 3 is 2.47 bits per heavy atom. The molecule has 0 atom stereocenters. The van der Waals surface area contributed by atoms with Gasteiger partial charge in [0.25, 0.3) is 15.0 Å². The van der Waals surface area contributed by atoms with E-state index in [0.29, 0.717) is 6.54 Å². The lowest BCUT2D eigenvalue weighted by Crippen LogP contribution is -2.26. The van der Waals surface area contributed by atoms with Crippen LogP contribution in [-0.2, 0) is 9.05 Å². The van der Waals surface area contributed by atoms with Crippen LogP contribution in [0.2, 0.25) is 0 Å². The quantitative estimate of drug-likeness (QED) is 0.796. The van der Waals surface area contributed by atoms with E-state index < -0.39 is 31.4 Å². The molecule has 0 saturated carbocycles. The van der Waals surface area contributed by atoms with Crippen molar-refractivity contribution in [2.75, 3.05) is 20.7 Å². The second-order valence-electron chi connectivity index (χ2n) is 3.75. The Morgan fingerprint density at radius 2 is 2.05 bits per heavy atom. The van der Waals surface area contributed by atoms with E-state index in [2.05, 4.69) is 4.74 Å². The summed E-state index contributed by atoms with van der Waals surface area (Å²) in [4.78, 5) is 12.6. The summed E-state index contributed by atoms with van der Waals surface area (Å²) in [6, 6.07) is 1.91. The second-order valence-corrected chi connectivity index (χ2v) is 6.28. The van der Waals surface area contributed by atoms with Crippen LogP contribution in [0.15, 0.2) is 17.0 Å². The maximum Gasteiger partial charge on any atom is 0.265 e. The number of halogens is 2. The third-order valence-electron chi connectivity index (χ3n) is 2.54. The van der Waals surface area contributed by atoms with Crippen molar-refractivity contribution in [1.29, 1.82) is 0 Å². The molecule has 0 unspecified atom stereocenters. The number of hydrogen-bond donors (Lipinski definition) is 0. The zero-order valence-electron chi connectivity index (χ0n) is 10.6. The van der Waals surface area contributed by atoms with E-state index in [-0.39, 0.29) is 5.56 Å². The molecule has 0 bridgehead atoms. The average molecular weight is 310 g/mol. The molecule has 0 aromatic heterocycles. The molecule has 1 aromatic rings. The van der Waals surface area contributed by atoms with E-state index in [1.54, 1.807) is 6.92 Å². The summed E-state index contributed by atoms with van der Waals surface area (Å²) in [7, 11) is 3.61. The van der Waals surface area contributed by atoms with Crippen molar-refractivity contribution in [2.45, 2.75) is 11.8 Å². The number of amides is 1. The first-order valence-corrected chi connectivity index (χ1v) is 7.61. The number of nitrogens with zero attached hydrogens (tertiary/aromatic N) is 1. The Hall–Kier alpha value is -1.34. The molecule has 106 valence electrons. The minimum absolute atomic E-state index is 0.109. The van der Waals surface area contributed by atoms with Crippen LogP contribution in [0.5, 0.6) is 5.75 Å². The van der Waals surface area contributed by atoms with Gasteiger partial charge in [0.2, 0.25) is 0 Å². The SMILES string of the molecule is CCN(C)C(=O)c1cc(F)c(OC)c(S(=O)(=O)Cl)c1. The average Bonchev–Trinajstić information content (AvgIpc) is 2.34. The first-order chi connectivity index (χ1) is 8.72. The van der Waals surface area contributed by atoms with Crippen molar-refractivity contribution in [2.24, 2.45) is 0 Å². The zero-order valence-corrected chi connectivity index (χ0v) is 12.2. The molecule has 0 aliphatic heterocycles. The van der Waals surface area contributed by atoms with Gasteiger partial charge in [0.05, 0.1) is 7.11 Å². The van der Waals surface area contributed by atoms with Crippen molar-refractivity contribution >= 4 is 25.6 Å². The Labute approximate surface area is 115 Å². The van der Waals surface area contributed by atoms with Gasteiger partial charge in [-0.05, 0) is 19.1 Å². The Morgan fingerprint density at radius 1 is 1.47 bits per heavy atom. The van der Waals surface area contributed by atoms with Crippen LogP contribution in [0.25, 0.3) is 0 Å². The van der Waals surface area contributed by atoms with E-state index in [1.807, 2.05) is 0 Å². The van der Waals surface area contributed by atoms with Crippen LogP contribution in [0.3, 0.4) is 0 Å². The number of ether oxygens (including phenoxy) is 1. The molecule has 1 rings (SSSR count). The zero-order chi connectivity index (χ0) is 14.8. The van der Waals surface area contributed by atoms with E-state index >= 15 is 0 Å². The van der Waals surface area contributed by atoms with Gasteiger partial charge in [-0.15, -0.1) is 0 Å². The van der Waals surface area contributed by atoms with Gasteiger partial charge >= 0.3 is 0 Å². The van der Waals surface area contributed by atoms with Gasteiger partial charge in [-0.1, -0.05) is 0 Å². The highest BCUT2D eigenvalue weighted by Gasteiger charge is 2.24. The number of carbonyl (C=O) groups is 1. The highest BCUT2D eigenvalue weighted by atomic mass is 35.7.